The summed E-state index contributed by atoms with van der Waals surface area (Å²) in [6.07, 6.45) is -2.73. The van der Waals surface area contributed by atoms with Gasteiger partial charge in [0.05, 0.1) is 11.4 Å². The molecule has 0 radical (unpaired) electrons. The molecule has 0 fully saturated rings. The number of hydrogen-bond donors (Lipinski definition) is 1. The van der Waals surface area contributed by atoms with Crippen LogP contribution in [0, 0.1) is 5.82 Å². The molecular weight excluding hydrogens is 229 g/mol. The van der Waals surface area contributed by atoms with Crippen LogP contribution in [0.4, 0.5) is 18.9 Å². The number of anilines is 1. The topological polar surface area (TPSA) is 38.9 Å². The number of pyridine rings is 1. The largest absolute Gasteiger partial charge is 0.397 e. The van der Waals surface area contributed by atoms with Crippen LogP contribution in [0.15, 0.2) is 36.4 Å². The summed E-state index contributed by atoms with van der Waals surface area (Å²) >= 11 is 0. The average molecular weight is 238 g/mol. The molecule has 0 atom stereocenters. The molecule has 0 bridgehead atoms. The Kier molecular flexibility index (Phi) is 2.99. The SMILES string of the molecule is Nc1ccc(-c2ccc(F)cc2)nc1C(F)F. The van der Waals surface area contributed by atoms with Gasteiger partial charge in [0.2, 0.25) is 0 Å². The molecule has 1 heterocycles. The van der Waals surface area contributed by atoms with Crippen molar-refractivity contribution in [2.75, 3.05) is 5.73 Å². The van der Waals surface area contributed by atoms with Crippen molar-refractivity contribution in [3.05, 3.63) is 47.9 Å². The van der Waals surface area contributed by atoms with Crippen molar-refractivity contribution in [3.8, 4) is 11.3 Å². The molecule has 0 aliphatic heterocycles. The van der Waals surface area contributed by atoms with Gasteiger partial charge in [-0.1, -0.05) is 0 Å². The predicted molar refractivity (Wildman–Crippen MR) is 59.0 cm³/mol. The summed E-state index contributed by atoms with van der Waals surface area (Å²) in [6.45, 7) is 0. The van der Waals surface area contributed by atoms with Crippen LogP contribution >= 0.6 is 0 Å². The minimum atomic E-state index is -2.73. The van der Waals surface area contributed by atoms with E-state index in [1.54, 1.807) is 0 Å². The number of nitrogens with zero attached hydrogens (tertiary/aromatic N) is 1. The van der Waals surface area contributed by atoms with Crippen molar-refractivity contribution in [3.63, 3.8) is 0 Å². The average Bonchev–Trinajstić information content (AvgIpc) is 2.30. The van der Waals surface area contributed by atoms with Crippen molar-refractivity contribution in [2.24, 2.45) is 0 Å². The normalized spacial score (nSPS) is 10.8. The monoisotopic (exact) mass is 238 g/mol. The lowest BCUT2D eigenvalue weighted by Crippen LogP contribution is -1.99. The third-order valence-electron chi connectivity index (χ3n) is 2.30. The Labute approximate surface area is 95.9 Å². The van der Waals surface area contributed by atoms with E-state index in [0.29, 0.717) is 11.3 Å². The highest BCUT2D eigenvalue weighted by Crippen LogP contribution is 2.26. The Morgan fingerprint density at radius 3 is 2.24 bits per heavy atom. The second-order valence-electron chi connectivity index (χ2n) is 3.48. The molecule has 2 N–H and O–H groups in total. The van der Waals surface area contributed by atoms with Crippen molar-refractivity contribution in [1.29, 1.82) is 0 Å². The van der Waals surface area contributed by atoms with Crippen LogP contribution in [0.25, 0.3) is 11.3 Å². The second-order valence-corrected chi connectivity index (χ2v) is 3.48. The van der Waals surface area contributed by atoms with Gasteiger partial charge in [0.1, 0.15) is 11.5 Å². The Morgan fingerprint density at radius 1 is 1.00 bits per heavy atom. The summed E-state index contributed by atoms with van der Waals surface area (Å²) in [6, 6.07) is 8.33. The second kappa shape index (κ2) is 4.45. The molecule has 0 spiro atoms. The molecule has 5 heteroatoms. The highest BCUT2D eigenvalue weighted by Gasteiger charge is 2.14. The zero-order valence-electron chi connectivity index (χ0n) is 8.70. The lowest BCUT2D eigenvalue weighted by molar-refractivity contribution is 0.147. The van der Waals surface area contributed by atoms with Crippen LogP contribution in [0.1, 0.15) is 12.1 Å². The standard InChI is InChI=1S/C12H9F3N2/c13-8-3-1-7(2-4-8)10-6-5-9(16)11(17-10)12(14)15/h1-6,12H,16H2. The Bertz CT molecular complexity index is 524. The number of nitrogens with two attached hydrogens (primary N) is 1. The van der Waals surface area contributed by atoms with E-state index in [0.717, 1.165) is 0 Å². The summed E-state index contributed by atoms with van der Waals surface area (Å²) in [4.78, 5) is 3.77. The van der Waals surface area contributed by atoms with Gasteiger partial charge in [-0.2, -0.15) is 0 Å². The van der Waals surface area contributed by atoms with Gasteiger partial charge in [0.15, 0.2) is 0 Å². The van der Waals surface area contributed by atoms with Crippen molar-refractivity contribution in [1.82, 2.24) is 4.98 Å². The number of alkyl halides is 2. The van der Waals surface area contributed by atoms with E-state index in [1.165, 1.54) is 36.4 Å². The Hall–Kier alpha value is -2.04. The fourth-order valence-electron chi connectivity index (χ4n) is 1.44. The number of nitrogen functional groups attached to an aromatic ring is 1. The molecule has 0 amide bonds. The van der Waals surface area contributed by atoms with Crippen molar-refractivity contribution < 1.29 is 13.2 Å². The molecular formula is C12H9F3N2. The van der Waals surface area contributed by atoms with E-state index in [4.69, 9.17) is 5.73 Å². The molecule has 1 aromatic heterocycles. The van der Waals surface area contributed by atoms with Gasteiger partial charge in [-0.15, -0.1) is 0 Å². The smallest absolute Gasteiger partial charge is 0.282 e. The summed E-state index contributed by atoms with van der Waals surface area (Å²) in [7, 11) is 0. The number of aromatic nitrogens is 1. The lowest BCUT2D eigenvalue weighted by Gasteiger charge is -2.07. The zero-order valence-corrected chi connectivity index (χ0v) is 8.70. The molecule has 0 saturated heterocycles. The summed E-state index contributed by atoms with van der Waals surface area (Å²) < 4.78 is 37.9. The van der Waals surface area contributed by atoms with Crippen LogP contribution in [0.5, 0.6) is 0 Å². The van der Waals surface area contributed by atoms with E-state index < -0.39 is 17.9 Å². The van der Waals surface area contributed by atoms with Gasteiger partial charge in [-0.05, 0) is 36.4 Å². The predicted octanol–water partition coefficient (Wildman–Crippen LogP) is 3.41. The van der Waals surface area contributed by atoms with Gasteiger partial charge in [-0.25, -0.2) is 18.2 Å². The highest BCUT2D eigenvalue weighted by molar-refractivity contribution is 5.62. The molecule has 2 aromatic rings. The maximum Gasteiger partial charge on any atom is 0.282 e. The van der Waals surface area contributed by atoms with Crippen LogP contribution in [0.2, 0.25) is 0 Å². The third-order valence-corrected chi connectivity index (χ3v) is 2.30. The molecule has 88 valence electrons. The lowest BCUT2D eigenvalue weighted by atomic mass is 10.1. The minimum Gasteiger partial charge on any atom is -0.397 e. The van der Waals surface area contributed by atoms with E-state index in [2.05, 4.69) is 4.98 Å². The van der Waals surface area contributed by atoms with Crippen LogP contribution in [-0.4, -0.2) is 4.98 Å². The molecule has 2 rings (SSSR count). The van der Waals surface area contributed by atoms with Gasteiger partial charge in [0, 0.05) is 5.56 Å². The van der Waals surface area contributed by atoms with E-state index in [-0.39, 0.29) is 5.69 Å². The van der Waals surface area contributed by atoms with E-state index >= 15 is 0 Å². The Morgan fingerprint density at radius 2 is 1.65 bits per heavy atom. The van der Waals surface area contributed by atoms with E-state index in [1.807, 2.05) is 0 Å². The first kappa shape index (κ1) is 11.4. The minimum absolute atomic E-state index is 0.0501. The summed E-state index contributed by atoms with van der Waals surface area (Å²) in [5, 5.41) is 0. The fourth-order valence-corrected chi connectivity index (χ4v) is 1.44. The molecule has 1 aromatic carbocycles. The molecule has 0 aliphatic carbocycles. The van der Waals surface area contributed by atoms with E-state index in [9.17, 15) is 13.2 Å². The molecule has 0 saturated carbocycles. The van der Waals surface area contributed by atoms with Crippen molar-refractivity contribution >= 4 is 5.69 Å². The fraction of sp³-hybridized carbons (Fsp3) is 0.0833. The third kappa shape index (κ3) is 2.38. The molecule has 2 nitrogen and oxygen atoms in total. The summed E-state index contributed by atoms with van der Waals surface area (Å²) in [5.41, 5.74) is 5.79. The van der Waals surface area contributed by atoms with Gasteiger partial charge >= 0.3 is 0 Å². The maximum atomic E-state index is 12.7. The number of benzene rings is 1. The first-order chi connectivity index (χ1) is 8.08. The van der Waals surface area contributed by atoms with Gasteiger partial charge in [0.25, 0.3) is 6.43 Å². The first-order valence-electron chi connectivity index (χ1n) is 4.88. The molecule has 0 aliphatic rings. The number of rotatable bonds is 2. The van der Waals surface area contributed by atoms with Crippen molar-refractivity contribution in [2.45, 2.75) is 6.43 Å². The van der Waals surface area contributed by atoms with Gasteiger partial charge < -0.3 is 5.73 Å². The number of halogens is 3. The summed E-state index contributed by atoms with van der Waals surface area (Å²) in [5.74, 6) is -0.390. The Balaban J connectivity index is 2.46. The molecule has 17 heavy (non-hydrogen) atoms. The van der Waals surface area contributed by atoms with Crippen LogP contribution < -0.4 is 5.73 Å². The van der Waals surface area contributed by atoms with Crippen LogP contribution in [-0.2, 0) is 0 Å². The number of hydrogen-bond acceptors (Lipinski definition) is 2. The maximum absolute atomic E-state index is 12.7. The zero-order chi connectivity index (χ0) is 12.4. The molecule has 0 unspecified atom stereocenters. The quantitative estimate of drug-likeness (QED) is 0.870. The van der Waals surface area contributed by atoms with Crippen LogP contribution in [0.3, 0.4) is 0 Å². The first-order valence-corrected chi connectivity index (χ1v) is 4.88. The van der Waals surface area contributed by atoms with Gasteiger partial charge in [-0.3, -0.25) is 0 Å². The highest BCUT2D eigenvalue weighted by atomic mass is 19.3.